The van der Waals surface area contributed by atoms with E-state index in [4.69, 9.17) is 9.72 Å². The second-order valence-corrected chi connectivity index (χ2v) is 8.44. The van der Waals surface area contributed by atoms with E-state index in [1.54, 1.807) is 0 Å². The maximum Gasteiger partial charge on any atom is 0.263 e. The zero-order valence-electron chi connectivity index (χ0n) is 15.4. The Kier molecular flexibility index (Phi) is 5.41. The first-order chi connectivity index (χ1) is 12.7. The van der Waals surface area contributed by atoms with Gasteiger partial charge in [0.15, 0.2) is 0 Å². The van der Waals surface area contributed by atoms with E-state index in [0.29, 0.717) is 11.8 Å². The third-order valence-corrected chi connectivity index (χ3v) is 6.51. The summed E-state index contributed by atoms with van der Waals surface area (Å²) in [5.74, 6) is 2.41. The van der Waals surface area contributed by atoms with Gasteiger partial charge in [0.1, 0.15) is 5.82 Å². The summed E-state index contributed by atoms with van der Waals surface area (Å²) in [7, 11) is 0. The van der Waals surface area contributed by atoms with Gasteiger partial charge in [-0.15, -0.1) is 11.3 Å². The van der Waals surface area contributed by atoms with Gasteiger partial charge < -0.3 is 14.2 Å². The van der Waals surface area contributed by atoms with E-state index < -0.39 is 0 Å². The van der Waals surface area contributed by atoms with Crippen LogP contribution in [0.5, 0.6) is 0 Å². The molecule has 0 spiro atoms. The first-order valence-electron chi connectivity index (χ1n) is 9.65. The predicted octanol–water partition coefficient (Wildman–Crippen LogP) is 3.70. The number of hydrogen-bond acceptors (Lipinski definition) is 4. The molecule has 26 heavy (non-hydrogen) atoms. The van der Waals surface area contributed by atoms with Gasteiger partial charge in [0, 0.05) is 50.7 Å². The minimum Gasteiger partial charge on any atom is -0.381 e. The average Bonchev–Trinajstić information content (AvgIpc) is 3.33. The lowest BCUT2D eigenvalue weighted by Gasteiger charge is -2.33. The van der Waals surface area contributed by atoms with E-state index >= 15 is 0 Å². The maximum atomic E-state index is 12.7. The molecule has 0 saturated carbocycles. The van der Waals surface area contributed by atoms with E-state index in [-0.39, 0.29) is 5.91 Å². The molecule has 2 saturated heterocycles. The molecule has 4 heterocycles. The first kappa shape index (κ1) is 17.7. The minimum absolute atomic E-state index is 0.191. The molecule has 0 aliphatic carbocycles. The molecule has 5 nitrogen and oxygen atoms in total. The minimum atomic E-state index is 0.191. The van der Waals surface area contributed by atoms with Crippen molar-refractivity contribution in [3.63, 3.8) is 0 Å². The van der Waals surface area contributed by atoms with Crippen LogP contribution in [0.25, 0.3) is 0 Å². The van der Waals surface area contributed by atoms with Gasteiger partial charge in [-0.05, 0) is 50.0 Å². The molecule has 0 radical (unpaired) electrons. The first-order valence-corrected chi connectivity index (χ1v) is 10.5. The van der Waals surface area contributed by atoms with Crippen LogP contribution in [0, 0.1) is 12.8 Å². The van der Waals surface area contributed by atoms with E-state index in [1.165, 1.54) is 29.3 Å². The van der Waals surface area contributed by atoms with E-state index in [0.717, 1.165) is 57.0 Å². The molecule has 1 amide bonds. The number of carbonyl (C=O) groups excluding carboxylic acids is 1. The Hall–Kier alpha value is -1.66. The van der Waals surface area contributed by atoms with E-state index in [1.807, 2.05) is 28.6 Å². The fraction of sp³-hybridized carbons (Fsp3) is 0.600. The summed E-state index contributed by atoms with van der Waals surface area (Å²) in [5.41, 5.74) is 1.23. The fourth-order valence-electron chi connectivity index (χ4n) is 4.21. The third-order valence-electron chi connectivity index (χ3n) is 5.65. The maximum absolute atomic E-state index is 12.7. The van der Waals surface area contributed by atoms with Crippen LogP contribution in [0.15, 0.2) is 23.7 Å². The highest BCUT2D eigenvalue weighted by molar-refractivity contribution is 7.12. The van der Waals surface area contributed by atoms with Crippen LogP contribution >= 0.6 is 11.3 Å². The number of likely N-dealkylation sites (tertiary alicyclic amines) is 1. The molecule has 2 aliphatic heterocycles. The quantitative estimate of drug-likeness (QED) is 0.821. The molecule has 140 valence electrons. The Labute approximate surface area is 159 Å². The Bertz CT molecular complexity index is 734. The Morgan fingerprint density at radius 3 is 2.96 bits per heavy atom. The molecule has 1 atom stereocenters. The van der Waals surface area contributed by atoms with Gasteiger partial charge in [0.2, 0.25) is 0 Å². The van der Waals surface area contributed by atoms with Gasteiger partial charge in [0.25, 0.3) is 5.91 Å². The predicted molar refractivity (Wildman–Crippen MR) is 103 cm³/mol. The van der Waals surface area contributed by atoms with Crippen LogP contribution in [-0.4, -0.2) is 46.7 Å². The highest BCUT2D eigenvalue weighted by Crippen LogP contribution is 2.29. The number of imidazole rings is 1. The zero-order chi connectivity index (χ0) is 17.9. The second kappa shape index (κ2) is 7.92. The number of piperidine rings is 1. The lowest BCUT2D eigenvalue weighted by Crippen LogP contribution is -2.41. The second-order valence-electron chi connectivity index (χ2n) is 7.49. The summed E-state index contributed by atoms with van der Waals surface area (Å²) in [5, 5.41) is 1.98. The van der Waals surface area contributed by atoms with Gasteiger partial charge in [-0.1, -0.05) is 6.07 Å². The molecule has 2 aromatic heterocycles. The van der Waals surface area contributed by atoms with Crippen molar-refractivity contribution in [3.05, 3.63) is 40.1 Å². The highest BCUT2D eigenvalue weighted by atomic mass is 32.1. The monoisotopic (exact) mass is 373 g/mol. The van der Waals surface area contributed by atoms with Crippen molar-refractivity contribution in [2.75, 3.05) is 26.3 Å². The smallest absolute Gasteiger partial charge is 0.263 e. The van der Waals surface area contributed by atoms with Crippen molar-refractivity contribution in [1.82, 2.24) is 14.5 Å². The van der Waals surface area contributed by atoms with Crippen molar-refractivity contribution in [3.8, 4) is 0 Å². The topological polar surface area (TPSA) is 47.4 Å². The van der Waals surface area contributed by atoms with E-state index in [2.05, 4.69) is 11.5 Å². The van der Waals surface area contributed by atoms with Crippen LogP contribution in [0.2, 0.25) is 0 Å². The van der Waals surface area contributed by atoms with Gasteiger partial charge in [-0.25, -0.2) is 4.98 Å². The zero-order valence-corrected chi connectivity index (χ0v) is 16.2. The van der Waals surface area contributed by atoms with Gasteiger partial charge in [-0.2, -0.15) is 0 Å². The number of aryl methyl sites for hydroxylation is 1. The number of ether oxygens (including phenoxy) is 1. The van der Waals surface area contributed by atoms with Crippen LogP contribution in [0.3, 0.4) is 0 Å². The third kappa shape index (κ3) is 3.71. The fourth-order valence-corrected chi connectivity index (χ4v) is 4.90. The van der Waals surface area contributed by atoms with Crippen molar-refractivity contribution >= 4 is 17.2 Å². The van der Waals surface area contributed by atoms with Crippen LogP contribution in [-0.2, 0) is 11.3 Å². The summed E-state index contributed by atoms with van der Waals surface area (Å²) in [6.07, 6.45) is 6.39. The van der Waals surface area contributed by atoms with Crippen LogP contribution in [0.1, 0.15) is 52.8 Å². The molecular formula is C20H27N3O2S. The van der Waals surface area contributed by atoms with Crippen molar-refractivity contribution in [1.29, 1.82) is 0 Å². The van der Waals surface area contributed by atoms with Crippen LogP contribution in [0.4, 0.5) is 0 Å². The molecule has 0 aromatic carbocycles. The normalized spacial score (nSPS) is 21.9. The van der Waals surface area contributed by atoms with Gasteiger partial charge in [0.05, 0.1) is 4.88 Å². The number of hydrogen-bond donors (Lipinski definition) is 0. The number of thiophene rings is 1. The number of aromatic nitrogens is 2. The number of amides is 1. The highest BCUT2D eigenvalue weighted by Gasteiger charge is 2.27. The Morgan fingerprint density at radius 2 is 2.19 bits per heavy atom. The summed E-state index contributed by atoms with van der Waals surface area (Å²) < 4.78 is 7.92. The molecular weight excluding hydrogens is 346 g/mol. The lowest BCUT2D eigenvalue weighted by molar-refractivity contribution is 0.0661. The molecule has 0 N–H and O–H groups in total. The van der Waals surface area contributed by atoms with Crippen molar-refractivity contribution < 1.29 is 9.53 Å². The standard InChI is InChI=1S/C20H27N3O2S/c1-15-12-21-19(17-6-9-25-10-7-17)23(15)14-16-4-2-8-22(13-16)20(24)18-5-3-11-26-18/h3,5,11-12,16-17H,2,4,6-10,13-14H2,1H3. The van der Waals surface area contributed by atoms with Crippen molar-refractivity contribution in [2.45, 2.75) is 45.1 Å². The Balaban J connectivity index is 1.45. The average molecular weight is 374 g/mol. The lowest BCUT2D eigenvalue weighted by atomic mass is 9.96. The summed E-state index contributed by atoms with van der Waals surface area (Å²) in [4.78, 5) is 20.3. The largest absolute Gasteiger partial charge is 0.381 e. The van der Waals surface area contributed by atoms with E-state index in [9.17, 15) is 4.79 Å². The summed E-state index contributed by atoms with van der Waals surface area (Å²) in [6, 6.07) is 3.88. The summed E-state index contributed by atoms with van der Waals surface area (Å²) in [6.45, 7) is 6.51. The molecule has 0 bridgehead atoms. The molecule has 2 fully saturated rings. The summed E-state index contributed by atoms with van der Waals surface area (Å²) >= 11 is 1.54. The van der Waals surface area contributed by atoms with Crippen molar-refractivity contribution in [2.24, 2.45) is 5.92 Å². The van der Waals surface area contributed by atoms with Gasteiger partial charge in [-0.3, -0.25) is 4.79 Å². The molecule has 6 heteroatoms. The Morgan fingerprint density at radius 1 is 1.35 bits per heavy atom. The number of rotatable bonds is 4. The van der Waals surface area contributed by atoms with Crippen LogP contribution < -0.4 is 0 Å². The molecule has 1 unspecified atom stereocenters. The van der Waals surface area contributed by atoms with Gasteiger partial charge >= 0.3 is 0 Å². The molecule has 2 aliphatic rings. The molecule has 4 rings (SSSR count). The molecule has 2 aromatic rings. The SMILES string of the molecule is Cc1cnc(C2CCOCC2)n1CC1CCCN(C(=O)c2cccs2)C1. The number of carbonyl (C=O) groups is 1. The number of nitrogens with zero attached hydrogens (tertiary/aromatic N) is 3.